The number of hydrazine groups is 1. The van der Waals surface area contributed by atoms with E-state index in [1.165, 1.54) is 0 Å². The van der Waals surface area contributed by atoms with E-state index in [-0.39, 0.29) is 5.75 Å². The molecular weight excluding hydrogens is 470 g/mol. The molecule has 37 heavy (non-hydrogen) atoms. The lowest BCUT2D eigenvalue weighted by molar-refractivity contribution is -0.125. The van der Waals surface area contributed by atoms with Gasteiger partial charge in [-0.25, -0.2) is 9.78 Å². The number of phenolic OH excluding ortho intramolecular Hbond substituents is 1. The van der Waals surface area contributed by atoms with Gasteiger partial charge < -0.3 is 9.84 Å². The quantitative estimate of drug-likeness (QED) is 0.285. The molecule has 1 aliphatic rings. The topological polar surface area (TPSA) is 118 Å². The monoisotopic (exact) mass is 493 g/mol. The Morgan fingerprint density at radius 3 is 2.41 bits per heavy atom. The molecule has 8 heteroatoms. The Labute approximate surface area is 212 Å². The van der Waals surface area contributed by atoms with E-state index in [2.05, 4.69) is 10.9 Å². The van der Waals surface area contributed by atoms with Crippen LogP contribution in [0.5, 0.6) is 5.75 Å². The number of carbonyl (C=O) groups is 3. The van der Waals surface area contributed by atoms with E-state index in [4.69, 9.17) is 9.72 Å². The van der Waals surface area contributed by atoms with Crippen LogP contribution in [0.15, 0.2) is 78.9 Å². The SMILES string of the molecule is O=C(COC(=O)c1c2c(nc3ccccc13)/C(=C/c1ccc(O)cc1)CC2)NNC(=O)c1ccccc1. The molecule has 0 fully saturated rings. The predicted octanol–water partition coefficient (Wildman–Crippen LogP) is 4.05. The van der Waals surface area contributed by atoms with Gasteiger partial charge in [-0.15, -0.1) is 0 Å². The van der Waals surface area contributed by atoms with Crippen LogP contribution in [0, 0.1) is 0 Å². The zero-order valence-corrected chi connectivity index (χ0v) is 19.7. The minimum absolute atomic E-state index is 0.187. The van der Waals surface area contributed by atoms with Gasteiger partial charge in [0, 0.05) is 10.9 Å². The molecule has 0 bridgehead atoms. The number of carbonyl (C=O) groups excluding carboxylic acids is 3. The molecule has 4 aromatic rings. The van der Waals surface area contributed by atoms with Crippen LogP contribution in [0.25, 0.3) is 22.6 Å². The molecule has 0 atom stereocenters. The second kappa shape index (κ2) is 10.3. The summed E-state index contributed by atoms with van der Waals surface area (Å²) in [5.74, 6) is -1.59. The first-order chi connectivity index (χ1) is 18.0. The molecule has 0 saturated carbocycles. The summed E-state index contributed by atoms with van der Waals surface area (Å²) in [6.07, 6.45) is 3.28. The Hall–Kier alpha value is -4.98. The van der Waals surface area contributed by atoms with Crippen LogP contribution in [0.4, 0.5) is 0 Å². The van der Waals surface area contributed by atoms with Crippen molar-refractivity contribution in [1.29, 1.82) is 0 Å². The summed E-state index contributed by atoms with van der Waals surface area (Å²) in [5, 5.41) is 10.2. The van der Waals surface area contributed by atoms with Crippen molar-refractivity contribution >= 4 is 40.3 Å². The number of amides is 2. The zero-order valence-electron chi connectivity index (χ0n) is 19.7. The summed E-state index contributed by atoms with van der Waals surface area (Å²) < 4.78 is 5.35. The highest BCUT2D eigenvalue weighted by molar-refractivity contribution is 6.07. The van der Waals surface area contributed by atoms with Gasteiger partial charge in [0.25, 0.3) is 11.8 Å². The highest BCUT2D eigenvalue weighted by Gasteiger charge is 2.28. The zero-order chi connectivity index (χ0) is 25.8. The number of hydrogen-bond donors (Lipinski definition) is 3. The number of allylic oxidation sites excluding steroid dienone is 1. The number of para-hydroxylation sites is 1. The fourth-order valence-electron chi connectivity index (χ4n) is 4.31. The van der Waals surface area contributed by atoms with E-state index in [0.717, 1.165) is 22.4 Å². The number of nitrogens with one attached hydrogen (secondary N) is 2. The molecule has 3 aromatic carbocycles. The number of pyridine rings is 1. The summed E-state index contributed by atoms with van der Waals surface area (Å²) in [5.41, 5.74) is 9.35. The van der Waals surface area contributed by atoms with E-state index < -0.39 is 24.4 Å². The maximum Gasteiger partial charge on any atom is 0.339 e. The Morgan fingerprint density at radius 2 is 1.62 bits per heavy atom. The van der Waals surface area contributed by atoms with Gasteiger partial charge in [0.05, 0.1) is 16.8 Å². The lowest BCUT2D eigenvalue weighted by atomic mass is 10.0. The van der Waals surface area contributed by atoms with Gasteiger partial charge in [0.15, 0.2) is 6.61 Å². The standard InChI is InChI=1S/C29H23N3O5/c33-21-13-10-18(11-14-21)16-20-12-15-23-26(22-8-4-5-9-24(22)30-27(20)23)29(36)37-17-25(34)31-32-28(35)19-6-2-1-3-7-19/h1-11,13-14,16,33H,12,15,17H2,(H,31,34)(H,32,35)/b20-16+. The number of nitrogens with zero attached hydrogens (tertiary/aromatic N) is 1. The van der Waals surface area contributed by atoms with E-state index >= 15 is 0 Å². The third kappa shape index (κ3) is 5.18. The maximum atomic E-state index is 13.2. The number of aromatic hydroxyl groups is 1. The number of esters is 1. The lowest BCUT2D eigenvalue weighted by Gasteiger charge is -2.13. The van der Waals surface area contributed by atoms with Gasteiger partial charge in [0.2, 0.25) is 0 Å². The fraction of sp³-hybridized carbons (Fsp3) is 0.103. The summed E-state index contributed by atoms with van der Waals surface area (Å²) >= 11 is 0. The Bertz CT molecular complexity index is 1530. The summed E-state index contributed by atoms with van der Waals surface area (Å²) in [6.45, 7) is -0.560. The van der Waals surface area contributed by atoms with Crippen molar-refractivity contribution < 1.29 is 24.2 Å². The van der Waals surface area contributed by atoms with Crippen molar-refractivity contribution in [2.45, 2.75) is 12.8 Å². The average Bonchev–Trinajstić information content (AvgIpc) is 3.32. The molecular formula is C29H23N3O5. The number of phenols is 1. The predicted molar refractivity (Wildman–Crippen MR) is 138 cm³/mol. The average molecular weight is 494 g/mol. The van der Waals surface area contributed by atoms with Crippen molar-refractivity contribution in [3.8, 4) is 5.75 Å². The first-order valence-electron chi connectivity index (χ1n) is 11.7. The van der Waals surface area contributed by atoms with Crippen LogP contribution in [-0.2, 0) is 16.0 Å². The van der Waals surface area contributed by atoms with Crippen molar-refractivity contribution in [1.82, 2.24) is 15.8 Å². The van der Waals surface area contributed by atoms with Gasteiger partial charge in [0.1, 0.15) is 5.75 Å². The van der Waals surface area contributed by atoms with Crippen molar-refractivity contribution in [2.75, 3.05) is 6.61 Å². The number of fused-ring (bicyclic) bond motifs is 2. The molecule has 5 rings (SSSR count). The molecule has 184 valence electrons. The number of rotatable bonds is 5. The summed E-state index contributed by atoms with van der Waals surface area (Å²) in [4.78, 5) is 42.4. The van der Waals surface area contributed by atoms with Crippen LogP contribution in [0.2, 0.25) is 0 Å². The van der Waals surface area contributed by atoms with Crippen molar-refractivity contribution in [3.63, 3.8) is 0 Å². The van der Waals surface area contributed by atoms with Gasteiger partial charge in [-0.1, -0.05) is 48.5 Å². The molecule has 0 unspecified atom stereocenters. The fourth-order valence-corrected chi connectivity index (χ4v) is 4.31. The van der Waals surface area contributed by atoms with Crippen molar-refractivity contribution in [2.24, 2.45) is 0 Å². The molecule has 1 aliphatic carbocycles. The Kier molecular flexibility index (Phi) is 6.63. The highest BCUT2D eigenvalue weighted by atomic mass is 16.5. The molecule has 1 aromatic heterocycles. The van der Waals surface area contributed by atoms with E-state index in [9.17, 15) is 19.5 Å². The van der Waals surface area contributed by atoms with Crippen LogP contribution in [-0.4, -0.2) is 34.5 Å². The lowest BCUT2D eigenvalue weighted by Crippen LogP contribution is -2.43. The Balaban J connectivity index is 1.35. The molecule has 8 nitrogen and oxygen atoms in total. The molecule has 0 aliphatic heterocycles. The number of benzene rings is 3. The van der Waals surface area contributed by atoms with Crippen LogP contribution in [0.3, 0.4) is 0 Å². The summed E-state index contributed by atoms with van der Waals surface area (Å²) in [7, 11) is 0. The van der Waals surface area contributed by atoms with Crippen LogP contribution < -0.4 is 10.9 Å². The number of aromatic nitrogens is 1. The Morgan fingerprint density at radius 1 is 0.892 bits per heavy atom. The molecule has 0 saturated heterocycles. The van der Waals surface area contributed by atoms with E-state index in [1.54, 1.807) is 48.5 Å². The molecule has 3 N–H and O–H groups in total. The third-order valence-electron chi connectivity index (χ3n) is 6.07. The molecule has 0 spiro atoms. The van der Waals surface area contributed by atoms with E-state index in [1.807, 2.05) is 36.4 Å². The van der Waals surface area contributed by atoms with Gasteiger partial charge in [-0.3, -0.25) is 20.4 Å². The maximum absolute atomic E-state index is 13.2. The van der Waals surface area contributed by atoms with Gasteiger partial charge >= 0.3 is 5.97 Å². The highest BCUT2D eigenvalue weighted by Crippen LogP contribution is 2.37. The first kappa shape index (κ1) is 23.7. The second-order valence-corrected chi connectivity index (χ2v) is 8.54. The number of hydrogen-bond acceptors (Lipinski definition) is 6. The summed E-state index contributed by atoms with van der Waals surface area (Å²) in [6, 6.07) is 22.6. The smallest absolute Gasteiger partial charge is 0.339 e. The largest absolute Gasteiger partial charge is 0.508 e. The van der Waals surface area contributed by atoms with Crippen LogP contribution in [0.1, 0.15) is 44.0 Å². The normalized spacial score (nSPS) is 13.2. The minimum atomic E-state index is -0.666. The first-order valence-corrected chi connectivity index (χ1v) is 11.7. The van der Waals surface area contributed by atoms with Crippen LogP contribution >= 0.6 is 0 Å². The molecule has 1 heterocycles. The second-order valence-electron chi connectivity index (χ2n) is 8.54. The molecule has 2 amide bonds. The van der Waals surface area contributed by atoms with Gasteiger partial charge in [-0.2, -0.15) is 0 Å². The molecule has 0 radical (unpaired) electrons. The van der Waals surface area contributed by atoms with E-state index in [0.29, 0.717) is 34.9 Å². The van der Waals surface area contributed by atoms with Gasteiger partial charge in [-0.05, 0) is 65.9 Å². The minimum Gasteiger partial charge on any atom is -0.508 e. The third-order valence-corrected chi connectivity index (χ3v) is 6.07. The number of ether oxygens (including phenoxy) is 1. The van der Waals surface area contributed by atoms with Crippen molar-refractivity contribution in [3.05, 3.63) is 107 Å².